The van der Waals surface area contributed by atoms with Gasteiger partial charge in [-0.25, -0.2) is 5.01 Å². The molecule has 13 heavy (non-hydrogen) atoms. The monoisotopic (exact) mass is 198 g/mol. The van der Waals surface area contributed by atoms with Gasteiger partial charge in [-0.05, 0) is 32.0 Å². The third-order valence-corrected chi connectivity index (χ3v) is 3.24. The Morgan fingerprint density at radius 3 is 2.77 bits per heavy atom. The highest BCUT2D eigenvalue weighted by Gasteiger charge is 2.06. The van der Waals surface area contributed by atoms with Gasteiger partial charge in [0.05, 0.1) is 0 Å². The van der Waals surface area contributed by atoms with E-state index in [2.05, 4.69) is 37.4 Å². The molecule has 0 radical (unpaired) electrons. The van der Waals surface area contributed by atoms with Crippen LogP contribution in [0, 0.1) is 6.92 Å². The van der Waals surface area contributed by atoms with E-state index in [4.69, 9.17) is 0 Å². The van der Waals surface area contributed by atoms with Crippen LogP contribution in [0.15, 0.2) is 6.07 Å². The highest BCUT2D eigenvalue weighted by Crippen LogP contribution is 2.22. The smallest absolute Gasteiger partial charge is 0.0475 e. The summed E-state index contributed by atoms with van der Waals surface area (Å²) in [5.41, 5.74) is 4.60. The number of aryl methyl sites for hydroxylation is 2. The third-order valence-electron chi connectivity index (χ3n) is 2.16. The van der Waals surface area contributed by atoms with Crippen molar-refractivity contribution in [1.82, 2.24) is 10.4 Å². The molecule has 0 aromatic carbocycles. The highest BCUT2D eigenvalue weighted by atomic mass is 32.1. The van der Waals surface area contributed by atoms with Crippen LogP contribution in [0.3, 0.4) is 0 Å². The standard InChI is InChI=1S/C10H18N2S/c1-5-9-6-8(2)13-10(9)7-12(4)11-3/h6,11H,5,7H2,1-4H3. The van der Waals surface area contributed by atoms with Crippen molar-refractivity contribution < 1.29 is 0 Å². The maximum atomic E-state index is 3.11. The fraction of sp³-hybridized carbons (Fsp3) is 0.600. The van der Waals surface area contributed by atoms with Crippen molar-refractivity contribution in [2.45, 2.75) is 26.8 Å². The van der Waals surface area contributed by atoms with Crippen LogP contribution in [-0.2, 0) is 13.0 Å². The molecule has 0 aliphatic heterocycles. The summed E-state index contributed by atoms with van der Waals surface area (Å²) in [5.74, 6) is 0. The summed E-state index contributed by atoms with van der Waals surface area (Å²) in [6, 6.07) is 2.30. The molecule has 0 saturated heterocycles. The van der Waals surface area contributed by atoms with Crippen LogP contribution < -0.4 is 5.43 Å². The zero-order valence-corrected chi connectivity index (χ0v) is 9.66. The molecule has 1 aromatic heterocycles. The lowest BCUT2D eigenvalue weighted by Crippen LogP contribution is -2.29. The maximum Gasteiger partial charge on any atom is 0.0475 e. The van der Waals surface area contributed by atoms with Gasteiger partial charge in [0.15, 0.2) is 0 Å². The maximum absolute atomic E-state index is 3.11. The molecule has 0 bridgehead atoms. The van der Waals surface area contributed by atoms with E-state index < -0.39 is 0 Å². The first kappa shape index (κ1) is 10.7. The first-order valence-corrected chi connectivity index (χ1v) is 5.45. The zero-order chi connectivity index (χ0) is 9.84. The number of hydrogen-bond donors (Lipinski definition) is 1. The zero-order valence-electron chi connectivity index (χ0n) is 8.85. The van der Waals surface area contributed by atoms with Gasteiger partial charge >= 0.3 is 0 Å². The fourth-order valence-electron chi connectivity index (χ4n) is 1.34. The van der Waals surface area contributed by atoms with Gasteiger partial charge in [0.25, 0.3) is 0 Å². The second kappa shape index (κ2) is 4.74. The van der Waals surface area contributed by atoms with E-state index in [-0.39, 0.29) is 0 Å². The van der Waals surface area contributed by atoms with Crippen LogP contribution in [0.4, 0.5) is 0 Å². The van der Waals surface area contributed by atoms with E-state index in [1.807, 2.05) is 18.4 Å². The minimum absolute atomic E-state index is 0.998. The second-order valence-electron chi connectivity index (χ2n) is 3.24. The van der Waals surface area contributed by atoms with Crippen LogP contribution in [-0.4, -0.2) is 19.1 Å². The molecule has 0 atom stereocenters. The number of rotatable bonds is 4. The first-order chi connectivity index (χ1) is 6.17. The lowest BCUT2D eigenvalue weighted by Gasteiger charge is -2.14. The average molecular weight is 198 g/mol. The fourth-order valence-corrected chi connectivity index (χ4v) is 2.53. The predicted octanol–water partition coefficient (Wildman–Crippen LogP) is 2.19. The van der Waals surface area contributed by atoms with E-state index in [0.29, 0.717) is 0 Å². The number of hydrazine groups is 1. The minimum Gasteiger partial charge on any atom is -0.258 e. The Morgan fingerprint density at radius 1 is 1.54 bits per heavy atom. The molecule has 3 heteroatoms. The van der Waals surface area contributed by atoms with Gasteiger partial charge in [0.2, 0.25) is 0 Å². The van der Waals surface area contributed by atoms with Crippen molar-refractivity contribution >= 4 is 11.3 Å². The van der Waals surface area contributed by atoms with E-state index in [9.17, 15) is 0 Å². The Hall–Kier alpha value is -0.380. The molecular formula is C10H18N2S. The van der Waals surface area contributed by atoms with E-state index in [1.54, 1.807) is 0 Å². The molecule has 74 valence electrons. The predicted molar refractivity (Wildman–Crippen MR) is 59.0 cm³/mol. The highest BCUT2D eigenvalue weighted by molar-refractivity contribution is 7.12. The summed E-state index contributed by atoms with van der Waals surface area (Å²) >= 11 is 1.90. The summed E-state index contributed by atoms with van der Waals surface area (Å²) in [6.07, 6.45) is 1.14. The van der Waals surface area contributed by atoms with E-state index in [0.717, 1.165) is 13.0 Å². The first-order valence-electron chi connectivity index (χ1n) is 4.64. The van der Waals surface area contributed by atoms with Crippen molar-refractivity contribution in [2.75, 3.05) is 14.1 Å². The topological polar surface area (TPSA) is 15.3 Å². The van der Waals surface area contributed by atoms with Crippen molar-refractivity contribution in [3.8, 4) is 0 Å². The van der Waals surface area contributed by atoms with Gasteiger partial charge in [-0.3, -0.25) is 5.43 Å². The molecule has 1 rings (SSSR count). The summed E-state index contributed by atoms with van der Waals surface area (Å²) in [6.45, 7) is 5.38. The van der Waals surface area contributed by atoms with Crippen molar-refractivity contribution in [3.05, 3.63) is 21.4 Å². The molecule has 0 fully saturated rings. The summed E-state index contributed by atoms with van der Waals surface area (Å²) < 4.78 is 0. The molecule has 1 aromatic rings. The molecule has 1 heterocycles. The summed E-state index contributed by atoms with van der Waals surface area (Å²) in [5, 5.41) is 2.10. The summed E-state index contributed by atoms with van der Waals surface area (Å²) in [4.78, 5) is 2.90. The normalized spacial score (nSPS) is 11.2. The van der Waals surface area contributed by atoms with Crippen LogP contribution in [0.2, 0.25) is 0 Å². The number of hydrogen-bond acceptors (Lipinski definition) is 3. The van der Waals surface area contributed by atoms with Gasteiger partial charge in [-0.1, -0.05) is 6.92 Å². The number of nitrogens with zero attached hydrogens (tertiary/aromatic N) is 1. The van der Waals surface area contributed by atoms with Crippen LogP contribution >= 0.6 is 11.3 Å². The van der Waals surface area contributed by atoms with E-state index in [1.165, 1.54) is 15.3 Å². The van der Waals surface area contributed by atoms with Gasteiger partial charge in [0, 0.05) is 23.3 Å². The van der Waals surface area contributed by atoms with Crippen molar-refractivity contribution in [3.63, 3.8) is 0 Å². The van der Waals surface area contributed by atoms with Crippen LogP contribution in [0.1, 0.15) is 22.2 Å². The van der Waals surface area contributed by atoms with Gasteiger partial charge in [-0.15, -0.1) is 11.3 Å². The SMILES string of the molecule is CCc1cc(C)sc1CN(C)NC. The number of nitrogens with one attached hydrogen (secondary N) is 1. The van der Waals surface area contributed by atoms with Gasteiger partial charge < -0.3 is 0 Å². The average Bonchev–Trinajstić information content (AvgIpc) is 2.46. The Bertz CT molecular complexity index is 268. The number of thiophene rings is 1. The van der Waals surface area contributed by atoms with Crippen molar-refractivity contribution in [2.24, 2.45) is 0 Å². The third kappa shape index (κ3) is 2.79. The second-order valence-corrected chi connectivity index (χ2v) is 4.58. The molecule has 0 aliphatic rings. The molecular weight excluding hydrogens is 180 g/mol. The van der Waals surface area contributed by atoms with Crippen LogP contribution in [0.5, 0.6) is 0 Å². The summed E-state index contributed by atoms with van der Waals surface area (Å²) in [7, 11) is 4.01. The molecule has 0 spiro atoms. The molecule has 1 N–H and O–H groups in total. The Morgan fingerprint density at radius 2 is 2.23 bits per heavy atom. The molecule has 0 saturated carbocycles. The molecule has 2 nitrogen and oxygen atoms in total. The van der Waals surface area contributed by atoms with Crippen LogP contribution in [0.25, 0.3) is 0 Å². The molecule has 0 amide bonds. The lowest BCUT2D eigenvalue weighted by molar-refractivity contribution is 0.253. The van der Waals surface area contributed by atoms with Gasteiger partial charge in [0.1, 0.15) is 0 Å². The Labute approximate surface area is 84.5 Å². The molecule has 0 unspecified atom stereocenters. The van der Waals surface area contributed by atoms with Crippen molar-refractivity contribution in [1.29, 1.82) is 0 Å². The molecule has 0 aliphatic carbocycles. The lowest BCUT2D eigenvalue weighted by atomic mass is 10.2. The largest absolute Gasteiger partial charge is 0.258 e. The van der Waals surface area contributed by atoms with E-state index >= 15 is 0 Å². The minimum atomic E-state index is 0.998. The quantitative estimate of drug-likeness (QED) is 0.746. The van der Waals surface area contributed by atoms with Gasteiger partial charge in [-0.2, -0.15) is 0 Å². The Balaban J connectivity index is 2.74. The Kier molecular flexibility index (Phi) is 3.90.